The zero-order valence-corrected chi connectivity index (χ0v) is 14.6. The highest BCUT2D eigenvalue weighted by molar-refractivity contribution is 7.19. The fourth-order valence-corrected chi connectivity index (χ4v) is 3.67. The minimum absolute atomic E-state index is 0.0905. The summed E-state index contributed by atoms with van der Waals surface area (Å²) in [4.78, 5) is 20.7. The van der Waals surface area contributed by atoms with Gasteiger partial charge in [0, 0.05) is 31.0 Å². The minimum Gasteiger partial charge on any atom is -0.341 e. The number of benzene rings is 1. The van der Waals surface area contributed by atoms with Gasteiger partial charge in [-0.2, -0.15) is 0 Å². The van der Waals surface area contributed by atoms with Gasteiger partial charge in [-0.15, -0.1) is 0 Å². The summed E-state index contributed by atoms with van der Waals surface area (Å²) in [6.45, 7) is 4.92. The number of unbranched alkanes of at least 4 members (excludes halogenated alkanes) is 1. The lowest BCUT2D eigenvalue weighted by atomic mass is 10.2. The van der Waals surface area contributed by atoms with Crippen molar-refractivity contribution in [3.8, 4) is 11.3 Å². The fourth-order valence-electron chi connectivity index (χ4n) is 2.57. The Labute approximate surface area is 140 Å². The molecule has 2 aromatic heterocycles. The van der Waals surface area contributed by atoms with Crippen LogP contribution in [0.5, 0.6) is 0 Å². The van der Waals surface area contributed by atoms with Gasteiger partial charge >= 0.3 is 0 Å². The average molecular weight is 327 g/mol. The molecule has 1 aromatic carbocycles. The van der Waals surface area contributed by atoms with Crippen molar-refractivity contribution in [1.82, 2.24) is 14.3 Å². The molecule has 0 saturated heterocycles. The van der Waals surface area contributed by atoms with Gasteiger partial charge in [-0.3, -0.25) is 9.20 Å². The molecular formula is C18H21N3OS. The van der Waals surface area contributed by atoms with E-state index in [4.69, 9.17) is 0 Å². The summed E-state index contributed by atoms with van der Waals surface area (Å²) in [5.41, 5.74) is 3.00. The highest BCUT2D eigenvalue weighted by atomic mass is 32.1. The third-order valence-electron chi connectivity index (χ3n) is 4.01. The standard InChI is InChI=1S/C18H21N3OS/c1-4-5-11-20(3)17(22)16-13(2)21-12-15(19-18(21)23-16)14-9-7-6-8-10-14/h6-10,12H,4-5,11H2,1-3H3. The zero-order chi connectivity index (χ0) is 16.4. The molecule has 4 nitrogen and oxygen atoms in total. The minimum atomic E-state index is 0.0905. The van der Waals surface area contributed by atoms with Crippen LogP contribution in [0.3, 0.4) is 0 Å². The second-order valence-electron chi connectivity index (χ2n) is 5.74. The summed E-state index contributed by atoms with van der Waals surface area (Å²) >= 11 is 1.47. The van der Waals surface area contributed by atoms with Crippen LogP contribution in [-0.4, -0.2) is 33.8 Å². The number of hydrogen-bond acceptors (Lipinski definition) is 3. The van der Waals surface area contributed by atoms with E-state index in [2.05, 4.69) is 11.9 Å². The van der Waals surface area contributed by atoms with E-state index in [1.165, 1.54) is 11.3 Å². The van der Waals surface area contributed by atoms with E-state index in [1.807, 2.05) is 54.9 Å². The molecule has 0 fully saturated rings. The van der Waals surface area contributed by atoms with Gasteiger partial charge in [-0.1, -0.05) is 55.0 Å². The van der Waals surface area contributed by atoms with Crippen LogP contribution >= 0.6 is 11.3 Å². The molecule has 0 aliphatic rings. The molecular weight excluding hydrogens is 306 g/mol. The lowest BCUT2D eigenvalue weighted by Gasteiger charge is -2.15. The van der Waals surface area contributed by atoms with Gasteiger partial charge < -0.3 is 4.90 Å². The van der Waals surface area contributed by atoms with Crippen molar-refractivity contribution in [1.29, 1.82) is 0 Å². The first-order valence-electron chi connectivity index (χ1n) is 7.91. The Hall–Kier alpha value is -2.14. The maximum atomic E-state index is 12.6. The molecule has 0 saturated carbocycles. The van der Waals surface area contributed by atoms with Gasteiger partial charge in [0.15, 0.2) is 4.96 Å². The lowest BCUT2D eigenvalue weighted by Crippen LogP contribution is -2.27. The van der Waals surface area contributed by atoms with Crippen LogP contribution in [-0.2, 0) is 0 Å². The first-order valence-corrected chi connectivity index (χ1v) is 8.73. The van der Waals surface area contributed by atoms with Gasteiger partial charge in [0.2, 0.25) is 0 Å². The molecule has 2 heterocycles. The van der Waals surface area contributed by atoms with Crippen LogP contribution in [0.1, 0.15) is 35.1 Å². The van der Waals surface area contributed by atoms with Crippen molar-refractivity contribution in [3.63, 3.8) is 0 Å². The Morgan fingerprint density at radius 1 is 1.30 bits per heavy atom. The molecule has 0 aliphatic heterocycles. The number of carbonyl (C=O) groups is 1. The van der Waals surface area contributed by atoms with E-state index in [0.717, 1.165) is 46.2 Å². The third kappa shape index (κ3) is 3.01. The van der Waals surface area contributed by atoms with Gasteiger partial charge in [-0.05, 0) is 13.3 Å². The molecule has 0 radical (unpaired) electrons. The van der Waals surface area contributed by atoms with E-state index < -0.39 is 0 Å². The highest BCUT2D eigenvalue weighted by Crippen LogP contribution is 2.27. The lowest BCUT2D eigenvalue weighted by molar-refractivity contribution is 0.0797. The monoisotopic (exact) mass is 327 g/mol. The molecule has 1 amide bonds. The first-order chi connectivity index (χ1) is 11.1. The number of imidazole rings is 1. The summed E-state index contributed by atoms with van der Waals surface area (Å²) < 4.78 is 2.02. The van der Waals surface area contributed by atoms with E-state index in [0.29, 0.717) is 0 Å². The summed E-state index contributed by atoms with van der Waals surface area (Å²) in [5.74, 6) is 0.0905. The van der Waals surface area contributed by atoms with Crippen molar-refractivity contribution in [2.75, 3.05) is 13.6 Å². The second-order valence-corrected chi connectivity index (χ2v) is 6.72. The van der Waals surface area contributed by atoms with E-state index in [-0.39, 0.29) is 5.91 Å². The van der Waals surface area contributed by atoms with E-state index >= 15 is 0 Å². The van der Waals surface area contributed by atoms with E-state index in [9.17, 15) is 4.79 Å². The predicted octanol–water partition coefficient (Wildman–Crippen LogP) is 4.24. The summed E-state index contributed by atoms with van der Waals surface area (Å²) in [6, 6.07) is 10.1. The van der Waals surface area contributed by atoms with Crippen molar-refractivity contribution >= 4 is 22.2 Å². The number of amides is 1. The van der Waals surface area contributed by atoms with Crippen molar-refractivity contribution in [2.24, 2.45) is 0 Å². The smallest absolute Gasteiger partial charge is 0.265 e. The molecule has 0 aliphatic carbocycles. The van der Waals surface area contributed by atoms with Crippen LogP contribution in [0.25, 0.3) is 16.2 Å². The van der Waals surface area contributed by atoms with Crippen LogP contribution in [0.4, 0.5) is 0 Å². The molecule has 23 heavy (non-hydrogen) atoms. The maximum absolute atomic E-state index is 12.6. The molecule has 0 bridgehead atoms. The number of rotatable bonds is 5. The number of nitrogens with zero attached hydrogens (tertiary/aromatic N) is 3. The Morgan fingerprint density at radius 2 is 2.04 bits per heavy atom. The molecule has 120 valence electrons. The van der Waals surface area contributed by atoms with Gasteiger partial charge in [0.05, 0.1) is 5.69 Å². The number of aryl methyl sites for hydroxylation is 1. The molecule has 3 aromatic rings. The molecule has 0 atom stereocenters. The second kappa shape index (κ2) is 6.54. The fraction of sp³-hybridized carbons (Fsp3) is 0.333. The van der Waals surface area contributed by atoms with Crippen LogP contribution in [0.15, 0.2) is 36.5 Å². The largest absolute Gasteiger partial charge is 0.341 e. The summed E-state index contributed by atoms with van der Waals surface area (Å²) in [5, 5.41) is 0. The SMILES string of the molecule is CCCCN(C)C(=O)c1sc2nc(-c3ccccc3)cn2c1C. The predicted molar refractivity (Wildman–Crippen MR) is 95.1 cm³/mol. The van der Waals surface area contributed by atoms with Crippen LogP contribution < -0.4 is 0 Å². The summed E-state index contributed by atoms with van der Waals surface area (Å²) in [6.07, 6.45) is 4.13. The van der Waals surface area contributed by atoms with Crippen molar-refractivity contribution in [3.05, 3.63) is 47.1 Å². The first kappa shape index (κ1) is 15.7. The van der Waals surface area contributed by atoms with Gasteiger partial charge in [0.1, 0.15) is 4.88 Å². The number of fused-ring (bicyclic) bond motifs is 1. The zero-order valence-electron chi connectivity index (χ0n) is 13.7. The quantitative estimate of drug-likeness (QED) is 0.703. The van der Waals surface area contributed by atoms with Crippen LogP contribution in [0, 0.1) is 6.92 Å². The van der Waals surface area contributed by atoms with E-state index in [1.54, 1.807) is 4.90 Å². The Balaban J connectivity index is 1.92. The average Bonchev–Trinajstić information content (AvgIpc) is 3.12. The number of hydrogen-bond donors (Lipinski definition) is 0. The normalized spacial score (nSPS) is 11.1. The summed E-state index contributed by atoms with van der Waals surface area (Å²) in [7, 11) is 1.87. The van der Waals surface area contributed by atoms with Gasteiger partial charge in [0.25, 0.3) is 5.91 Å². The molecule has 3 rings (SSSR count). The van der Waals surface area contributed by atoms with Crippen molar-refractivity contribution < 1.29 is 4.79 Å². The van der Waals surface area contributed by atoms with Gasteiger partial charge in [-0.25, -0.2) is 4.98 Å². The number of aromatic nitrogens is 2. The third-order valence-corrected chi connectivity index (χ3v) is 5.16. The molecule has 5 heteroatoms. The Kier molecular flexibility index (Phi) is 4.48. The van der Waals surface area contributed by atoms with Crippen LogP contribution in [0.2, 0.25) is 0 Å². The molecule has 0 spiro atoms. The maximum Gasteiger partial charge on any atom is 0.265 e. The number of carbonyl (C=O) groups excluding carboxylic acids is 1. The molecule has 0 N–H and O–H groups in total. The highest BCUT2D eigenvalue weighted by Gasteiger charge is 2.20. The Bertz CT molecular complexity index is 820. The number of thiazole rings is 1. The van der Waals surface area contributed by atoms with Crippen molar-refractivity contribution in [2.45, 2.75) is 26.7 Å². The topological polar surface area (TPSA) is 37.6 Å². The molecule has 0 unspecified atom stereocenters. The Morgan fingerprint density at radius 3 is 2.70 bits per heavy atom.